The van der Waals surface area contributed by atoms with Gasteiger partial charge >= 0.3 is 0 Å². The molecule has 0 N–H and O–H groups in total. The van der Waals surface area contributed by atoms with Crippen LogP contribution in [0.4, 0.5) is 5.69 Å². The van der Waals surface area contributed by atoms with E-state index in [9.17, 15) is 0 Å². The first-order chi connectivity index (χ1) is 16.4. The van der Waals surface area contributed by atoms with Gasteiger partial charge in [-0.1, -0.05) is 95.1 Å². The van der Waals surface area contributed by atoms with Gasteiger partial charge in [0.25, 0.3) is 0 Å². The minimum Gasteiger partial charge on any atom is -0.494 e. The van der Waals surface area contributed by atoms with E-state index in [1.54, 1.807) is 0 Å². The molecule has 2 aromatic rings. The van der Waals surface area contributed by atoms with E-state index in [-0.39, 0.29) is 0 Å². The van der Waals surface area contributed by atoms with Gasteiger partial charge < -0.3 is 4.74 Å². The van der Waals surface area contributed by atoms with Crippen LogP contribution >= 0.6 is 0 Å². The van der Waals surface area contributed by atoms with Gasteiger partial charge in [0, 0.05) is 6.21 Å². The van der Waals surface area contributed by atoms with Crippen LogP contribution in [0.5, 0.6) is 5.75 Å². The Morgan fingerprint density at radius 3 is 1.85 bits per heavy atom. The number of hydrogen-bond acceptors (Lipinski definition) is 2. The molecule has 0 unspecified atom stereocenters. The molecule has 0 spiro atoms. The van der Waals surface area contributed by atoms with E-state index in [0.717, 1.165) is 30.0 Å². The second kappa shape index (κ2) is 19.1. The van der Waals surface area contributed by atoms with Crippen molar-refractivity contribution in [3.8, 4) is 5.75 Å². The monoisotopic (exact) mass is 447 g/mol. The average molecular weight is 448 g/mol. The van der Waals surface area contributed by atoms with Gasteiger partial charge in [0.05, 0.1) is 12.3 Å². The zero-order valence-electron chi connectivity index (χ0n) is 20.9. The van der Waals surface area contributed by atoms with Gasteiger partial charge in [-0.2, -0.15) is 0 Å². The molecule has 0 aliphatic heterocycles. The smallest absolute Gasteiger partial charge is 0.119 e. The molecule has 0 amide bonds. The number of hydrogen-bond donors (Lipinski definition) is 0. The summed E-state index contributed by atoms with van der Waals surface area (Å²) in [4.78, 5) is 4.49. The highest BCUT2D eigenvalue weighted by Crippen LogP contribution is 2.15. The van der Waals surface area contributed by atoms with Gasteiger partial charge in [0.1, 0.15) is 5.75 Å². The summed E-state index contributed by atoms with van der Waals surface area (Å²) < 4.78 is 5.89. The molecule has 2 heteroatoms. The first kappa shape index (κ1) is 26.9. The van der Waals surface area contributed by atoms with Crippen molar-refractivity contribution in [1.29, 1.82) is 0 Å². The van der Waals surface area contributed by atoms with Gasteiger partial charge in [0.15, 0.2) is 0 Å². The molecular formula is C31H45NO. The predicted molar refractivity (Wildman–Crippen MR) is 145 cm³/mol. The quantitative estimate of drug-likeness (QED) is 0.119. The van der Waals surface area contributed by atoms with E-state index in [0.29, 0.717) is 0 Å². The number of allylic oxidation sites excluding steroid dienone is 2. The van der Waals surface area contributed by atoms with Crippen LogP contribution < -0.4 is 4.74 Å². The second-order valence-corrected chi connectivity index (χ2v) is 8.95. The lowest BCUT2D eigenvalue weighted by atomic mass is 10.1. The topological polar surface area (TPSA) is 21.6 Å². The summed E-state index contributed by atoms with van der Waals surface area (Å²) in [5, 5.41) is 0. The fraction of sp³-hybridized carbons (Fsp3) is 0.516. The maximum Gasteiger partial charge on any atom is 0.119 e. The summed E-state index contributed by atoms with van der Waals surface area (Å²) >= 11 is 0. The molecule has 0 heterocycles. The van der Waals surface area contributed by atoms with E-state index >= 15 is 0 Å². The highest BCUT2D eigenvalue weighted by atomic mass is 16.5. The number of ether oxygens (including phenoxy) is 1. The zero-order valence-corrected chi connectivity index (χ0v) is 20.9. The highest BCUT2D eigenvalue weighted by Gasteiger charge is 1.96. The number of unbranched alkanes of at least 4 members (excludes halogenated alkanes) is 12. The molecule has 2 aromatic carbocycles. The number of nitrogens with zero attached hydrogens (tertiary/aromatic N) is 1. The van der Waals surface area contributed by atoms with Crippen molar-refractivity contribution in [3.63, 3.8) is 0 Å². The van der Waals surface area contributed by atoms with E-state index < -0.39 is 0 Å². The lowest BCUT2D eigenvalue weighted by Gasteiger charge is -2.06. The number of rotatable bonds is 19. The SMILES string of the molecule is CCCCCCCC/C=C\CCCCCCCCOc1ccc(C=Nc2ccccc2)cc1. The maximum absolute atomic E-state index is 5.89. The van der Waals surface area contributed by atoms with Crippen LogP contribution in [0.25, 0.3) is 0 Å². The van der Waals surface area contributed by atoms with Gasteiger partial charge in [-0.05, 0) is 74.1 Å². The minimum absolute atomic E-state index is 0.804. The lowest BCUT2D eigenvalue weighted by molar-refractivity contribution is 0.304. The first-order valence-corrected chi connectivity index (χ1v) is 13.4. The molecule has 0 bridgehead atoms. The summed E-state index contributed by atoms with van der Waals surface area (Å²) in [6.45, 7) is 3.08. The van der Waals surface area contributed by atoms with Crippen LogP contribution in [-0.4, -0.2) is 12.8 Å². The molecule has 0 fully saturated rings. The van der Waals surface area contributed by atoms with Crippen molar-refractivity contribution in [3.05, 3.63) is 72.3 Å². The minimum atomic E-state index is 0.804. The number of benzene rings is 2. The largest absolute Gasteiger partial charge is 0.494 e. The van der Waals surface area contributed by atoms with Crippen molar-refractivity contribution >= 4 is 11.9 Å². The summed E-state index contributed by atoms with van der Waals surface area (Å²) in [6, 6.07) is 18.2. The summed E-state index contributed by atoms with van der Waals surface area (Å²) in [5.74, 6) is 0.944. The molecule has 0 aliphatic rings. The predicted octanol–water partition coefficient (Wildman–Crippen LogP) is 9.85. The average Bonchev–Trinajstić information content (AvgIpc) is 2.86. The Hall–Kier alpha value is -2.35. The third-order valence-corrected chi connectivity index (χ3v) is 5.92. The maximum atomic E-state index is 5.89. The molecule has 2 nitrogen and oxygen atoms in total. The van der Waals surface area contributed by atoms with Crippen LogP contribution in [0.2, 0.25) is 0 Å². The summed E-state index contributed by atoms with van der Waals surface area (Å²) in [5.41, 5.74) is 2.06. The Morgan fingerprint density at radius 2 is 1.21 bits per heavy atom. The fourth-order valence-electron chi connectivity index (χ4n) is 3.85. The van der Waals surface area contributed by atoms with Gasteiger partial charge in [0.2, 0.25) is 0 Å². The van der Waals surface area contributed by atoms with Gasteiger partial charge in [-0.15, -0.1) is 0 Å². The summed E-state index contributed by atoms with van der Waals surface area (Å²) in [6.07, 6.45) is 25.3. The Morgan fingerprint density at radius 1 is 0.636 bits per heavy atom. The molecule has 0 atom stereocenters. The summed E-state index contributed by atoms with van der Waals surface area (Å²) in [7, 11) is 0. The number of para-hydroxylation sites is 1. The van der Waals surface area contributed by atoms with Gasteiger partial charge in [-0.25, -0.2) is 0 Å². The van der Waals surface area contributed by atoms with Crippen molar-refractivity contribution in [2.24, 2.45) is 4.99 Å². The normalized spacial score (nSPS) is 11.5. The molecule has 2 rings (SSSR count). The Bertz CT molecular complexity index is 748. The van der Waals surface area contributed by atoms with Crippen LogP contribution in [0.15, 0.2) is 71.7 Å². The third-order valence-electron chi connectivity index (χ3n) is 5.92. The van der Waals surface area contributed by atoms with Crippen LogP contribution in [-0.2, 0) is 0 Å². The van der Waals surface area contributed by atoms with E-state index in [1.807, 2.05) is 48.7 Å². The van der Waals surface area contributed by atoms with Crippen LogP contribution in [0, 0.1) is 0 Å². The Labute approximate surface area is 203 Å². The van der Waals surface area contributed by atoms with Crippen molar-refractivity contribution in [1.82, 2.24) is 0 Å². The molecule has 0 aromatic heterocycles. The van der Waals surface area contributed by atoms with Crippen molar-refractivity contribution in [2.45, 2.75) is 96.8 Å². The van der Waals surface area contributed by atoms with E-state index in [4.69, 9.17) is 4.74 Å². The Kier molecular flexibility index (Phi) is 15.6. The molecule has 0 saturated heterocycles. The fourth-order valence-corrected chi connectivity index (χ4v) is 3.85. The van der Waals surface area contributed by atoms with E-state index in [1.165, 1.54) is 83.5 Å². The Balaban J connectivity index is 1.39. The van der Waals surface area contributed by atoms with E-state index in [2.05, 4.69) is 36.2 Å². The van der Waals surface area contributed by atoms with Crippen LogP contribution in [0.3, 0.4) is 0 Å². The third kappa shape index (κ3) is 14.4. The highest BCUT2D eigenvalue weighted by molar-refractivity contribution is 5.82. The molecule has 0 aliphatic carbocycles. The van der Waals surface area contributed by atoms with Crippen LogP contribution in [0.1, 0.15) is 102 Å². The van der Waals surface area contributed by atoms with Crippen molar-refractivity contribution < 1.29 is 4.74 Å². The number of aliphatic imine (C=N–C) groups is 1. The van der Waals surface area contributed by atoms with Crippen molar-refractivity contribution in [2.75, 3.05) is 6.61 Å². The first-order valence-electron chi connectivity index (χ1n) is 13.4. The molecule has 33 heavy (non-hydrogen) atoms. The lowest BCUT2D eigenvalue weighted by Crippen LogP contribution is -1.97. The molecule has 0 saturated carbocycles. The zero-order chi connectivity index (χ0) is 23.2. The van der Waals surface area contributed by atoms with Gasteiger partial charge in [-0.3, -0.25) is 4.99 Å². The standard InChI is InChI=1S/C31H45NO/c1-2-3-4-5-6-7-8-9-10-11-12-13-14-15-16-20-27-33-31-25-23-29(24-26-31)28-32-30-21-18-17-19-22-30/h9-10,17-19,21-26,28H,2-8,11-16,20,27H2,1H3/b10-9-,32-28?. The molecule has 180 valence electrons. The molecular weight excluding hydrogens is 402 g/mol. The second-order valence-electron chi connectivity index (χ2n) is 8.95. The molecule has 0 radical (unpaired) electrons.